The highest BCUT2D eigenvalue weighted by atomic mass is 16.7. The number of carbonyl (C=O) groups excluding carboxylic acids is 1. The Morgan fingerprint density at radius 1 is 1.13 bits per heavy atom. The molecule has 1 heterocycles. The third-order valence-electron chi connectivity index (χ3n) is 4.17. The van der Waals surface area contributed by atoms with E-state index in [4.69, 9.17) is 9.47 Å². The second-order valence-corrected chi connectivity index (χ2v) is 5.72. The van der Waals surface area contributed by atoms with Crippen molar-refractivity contribution in [2.75, 3.05) is 6.79 Å². The van der Waals surface area contributed by atoms with E-state index in [0.29, 0.717) is 17.1 Å². The third-order valence-corrected chi connectivity index (χ3v) is 4.17. The van der Waals surface area contributed by atoms with E-state index in [1.165, 1.54) is 0 Å². The van der Waals surface area contributed by atoms with Crippen LogP contribution in [0.1, 0.15) is 39.4 Å². The van der Waals surface area contributed by atoms with Gasteiger partial charge in [-0.05, 0) is 48.7 Å². The molecule has 0 N–H and O–H groups in total. The molecule has 1 aliphatic heterocycles. The van der Waals surface area contributed by atoms with Crippen LogP contribution in [0.4, 0.5) is 0 Å². The van der Waals surface area contributed by atoms with Crippen molar-refractivity contribution >= 4 is 5.78 Å². The maximum Gasteiger partial charge on any atom is 0.231 e. The molecular formula is C19H17NO3. The van der Waals surface area contributed by atoms with Crippen LogP contribution in [0.15, 0.2) is 36.4 Å². The molecule has 4 nitrogen and oxygen atoms in total. The number of carbonyl (C=O) groups is 1. The lowest BCUT2D eigenvalue weighted by atomic mass is 9.91. The van der Waals surface area contributed by atoms with E-state index in [1.807, 2.05) is 38.1 Å². The molecule has 2 aromatic rings. The Morgan fingerprint density at radius 2 is 1.91 bits per heavy atom. The standard InChI is InChI=1S/C19H17NO3/c1-12-3-4-15(7-13(12)2)17(21)8-16(10-20)14-5-6-18-19(9-14)23-11-22-18/h3-7,9,16H,8,11H2,1-2H3. The minimum atomic E-state index is -0.501. The van der Waals surface area contributed by atoms with E-state index in [9.17, 15) is 10.1 Å². The summed E-state index contributed by atoms with van der Waals surface area (Å²) in [5, 5.41) is 9.45. The molecular weight excluding hydrogens is 290 g/mol. The largest absolute Gasteiger partial charge is 0.454 e. The van der Waals surface area contributed by atoms with Gasteiger partial charge in [0.15, 0.2) is 17.3 Å². The van der Waals surface area contributed by atoms with Crippen LogP contribution in [0.25, 0.3) is 0 Å². The van der Waals surface area contributed by atoms with Crippen molar-refractivity contribution in [2.24, 2.45) is 0 Å². The Kier molecular flexibility index (Phi) is 4.03. The molecule has 2 aromatic carbocycles. The van der Waals surface area contributed by atoms with Crippen molar-refractivity contribution in [3.63, 3.8) is 0 Å². The Hall–Kier alpha value is -2.80. The second-order valence-electron chi connectivity index (χ2n) is 5.72. The molecule has 0 amide bonds. The van der Waals surface area contributed by atoms with Crippen molar-refractivity contribution < 1.29 is 14.3 Å². The van der Waals surface area contributed by atoms with Crippen LogP contribution >= 0.6 is 0 Å². The lowest BCUT2D eigenvalue weighted by Crippen LogP contribution is -2.07. The first-order valence-corrected chi connectivity index (χ1v) is 7.48. The number of nitriles is 1. The maximum atomic E-state index is 12.5. The predicted molar refractivity (Wildman–Crippen MR) is 85.8 cm³/mol. The smallest absolute Gasteiger partial charge is 0.231 e. The topological polar surface area (TPSA) is 59.3 Å². The summed E-state index contributed by atoms with van der Waals surface area (Å²) in [4.78, 5) is 12.5. The Balaban J connectivity index is 1.80. The summed E-state index contributed by atoms with van der Waals surface area (Å²) in [6, 6.07) is 13.2. The fourth-order valence-corrected chi connectivity index (χ4v) is 2.59. The number of aryl methyl sites for hydroxylation is 2. The zero-order valence-electron chi connectivity index (χ0n) is 13.1. The van der Waals surface area contributed by atoms with Crippen LogP contribution in [0.3, 0.4) is 0 Å². The first kappa shape index (κ1) is 15.1. The number of hydrogen-bond donors (Lipinski definition) is 0. The Labute approximate surface area is 135 Å². The Morgan fingerprint density at radius 3 is 2.65 bits per heavy atom. The van der Waals surface area contributed by atoms with E-state index in [2.05, 4.69) is 6.07 Å². The summed E-state index contributed by atoms with van der Waals surface area (Å²) >= 11 is 0. The first-order valence-electron chi connectivity index (χ1n) is 7.48. The molecule has 0 saturated heterocycles. The molecule has 1 aliphatic rings. The minimum Gasteiger partial charge on any atom is -0.454 e. The first-order chi connectivity index (χ1) is 11.1. The van der Waals surface area contributed by atoms with Gasteiger partial charge in [-0.25, -0.2) is 0 Å². The van der Waals surface area contributed by atoms with Crippen LogP contribution in [-0.2, 0) is 0 Å². The number of nitrogens with zero attached hydrogens (tertiary/aromatic N) is 1. The van der Waals surface area contributed by atoms with Crippen molar-refractivity contribution in [3.8, 4) is 17.6 Å². The molecule has 1 atom stereocenters. The fraction of sp³-hybridized carbons (Fsp3) is 0.263. The van der Waals surface area contributed by atoms with Crippen LogP contribution in [-0.4, -0.2) is 12.6 Å². The molecule has 0 radical (unpaired) electrons. The number of benzene rings is 2. The Bertz CT molecular complexity index is 805. The molecule has 3 rings (SSSR count). The van der Waals surface area contributed by atoms with Gasteiger partial charge in [-0.2, -0.15) is 5.26 Å². The summed E-state index contributed by atoms with van der Waals surface area (Å²) in [6.45, 7) is 4.18. The lowest BCUT2D eigenvalue weighted by Gasteiger charge is -2.10. The quantitative estimate of drug-likeness (QED) is 0.803. The fourth-order valence-electron chi connectivity index (χ4n) is 2.59. The number of hydrogen-bond acceptors (Lipinski definition) is 4. The van der Waals surface area contributed by atoms with Crippen LogP contribution in [0.5, 0.6) is 11.5 Å². The highest BCUT2D eigenvalue weighted by Crippen LogP contribution is 2.35. The molecule has 0 spiro atoms. The predicted octanol–water partition coefficient (Wildman–Crippen LogP) is 3.91. The van der Waals surface area contributed by atoms with Gasteiger partial charge >= 0.3 is 0 Å². The summed E-state index contributed by atoms with van der Waals surface area (Å²) in [7, 11) is 0. The van der Waals surface area contributed by atoms with Crippen molar-refractivity contribution in [1.29, 1.82) is 5.26 Å². The van der Waals surface area contributed by atoms with Gasteiger partial charge in [0.25, 0.3) is 0 Å². The van der Waals surface area contributed by atoms with E-state index >= 15 is 0 Å². The molecule has 0 aliphatic carbocycles. The zero-order valence-corrected chi connectivity index (χ0v) is 13.1. The van der Waals surface area contributed by atoms with Crippen LogP contribution in [0, 0.1) is 25.2 Å². The number of ketones is 1. The molecule has 0 bridgehead atoms. The molecule has 0 aromatic heterocycles. The van der Waals surface area contributed by atoms with Gasteiger partial charge in [-0.3, -0.25) is 4.79 Å². The van der Waals surface area contributed by atoms with Gasteiger partial charge in [0.05, 0.1) is 12.0 Å². The van der Waals surface area contributed by atoms with Gasteiger partial charge in [-0.15, -0.1) is 0 Å². The van der Waals surface area contributed by atoms with Gasteiger partial charge < -0.3 is 9.47 Å². The zero-order chi connectivity index (χ0) is 16.4. The molecule has 116 valence electrons. The van der Waals surface area contributed by atoms with Crippen molar-refractivity contribution in [2.45, 2.75) is 26.2 Å². The number of Topliss-reactive ketones (excluding diaryl/α,β-unsaturated/α-hetero) is 1. The highest BCUT2D eigenvalue weighted by molar-refractivity contribution is 5.97. The van der Waals surface area contributed by atoms with E-state index in [-0.39, 0.29) is 19.0 Å². The van der Waals surface area contributed by atoms with E-state index in [1.54, 1.807) is 12.1 Å². The van der Waals surface area contributed by atoms with Gasteiger partial charge in [0, 0.05) is 12.0 Å². The average molecular weight is 307 g/mol. The number of rotatable bonds is 4. The van der Waals surface area contributed by atoms with Crippen molar-refractivity contribution in [1.82, 2.24) is 0 Å². The molecule has 23 heavy (non-hydrogen) atoms. The normalized spacial score (nSPS) is 13.4. The SMILES string of the molecule is Cc1ccc(C(=O)CC(C#N)c2ccc3c(c2)OCO3)cc1C. The molecule has 1 unspecified atom stereocenters. The number of fused-ring (bicyclic) bond motifs is 1. The van der Waals surface area contributed by atoms with Gasteiger partial charge in [-0.1, -0.05) is 18.2 Å². The monoisotopic (exact) mass is 307 g/mol. The van der Waals surface area contributed by atoms with E-state index in [0.717, 1.165) is 16.7 Å². The van der Waals surface area contributed by atoms with E-state index < -0.39 is 5.92 Å². The summed E-state index contributed by atoms with van der Waals surface area (Å²) < 4.78 is 10.6. The van der Waals surface area contributed by atoms with Crippen molar-refractivity contribution in [3.05, 3.63) is 58.7 Å². The van der Waals surface area contributed by atoms with Gasteiger partial charge in [0.2, 0.25) is 6.79 Å². The maximum absolute atomic E-state index is 12.5. The number of ether oxygens (including phenoxy) is 2. The molecule has 0 fully saturated rings. The minimum absolute atomic E-state index is 0.0303. The average Bonchev–Trinajstić information content (AvgIpc) is 3.02. The molecule has 0 saturated carbocycles. The third kappa shape index (κ3) is 3.04. The van der Waals surface area contributed by atoms with Crippen LogP contribution < -0.4 is 9.47 Å². The van der Waals surface area contributed by atoms with Gasteiger partial charge in [0.1, 0.15) is 0 Å². The summed E-state index contributed by atoms with van der Waals surface area (Å²) in [6.07, 6.45) is 0.151. The summed E-state index contributed by atoms with van der Waals surface area (Å²) in [5.74, 6) is 0.767. The summed E-state index contributed by atoms with van der Waals surface area (Å²) in [5.41, 5.74) is 3.64. The molecule has 4 heteroatoms. The second kappa shape index (κ2) is 6.13. The highest BCUT2D eigenvalue weighted by Gasteiger charge is 2.21. The lowest BCUT2D eigenvalue weighted by molar-refractivity contribution is 0.0979. The van der Waals surface area contributed by atoms with Crippen LogP contribution in [0.2, 0.25) is 0 Å².